The second-order valence-corrected chi connectivity index (χ2v) is 3.02. The highest BCUT2D eigenvalue weighted by Crippen LogP contribution is 2.30. The average molecular weight is 227 g/mol. The van der Waals surface area contributed by atoms with Crippen LogP contribution in [0, 0.1) is 20.2 Å². The van der Waals surface area contributed by atoms with E-state index in [-0.39, 0.29) is 24.3 Å². The van der Waals surface area contributed by atoms with Gasteiger partial charge in [0.05, 0.1) is 21.5 Å². The summed E-state index contributed by atoms with van der Waals surface area (Å²) >= 11 is 0. The maximum atomic E-state index is 10.7. The van der Waals surface area contributed by atoms with Gasteiger partial charge in [-0.15, -0.1) is 0 Å². The molecule has 0 bridgehead atoms. The minimum Gasteiger partial charge on any atom is -0.398 e. The van der Waals surface area contributed by atoms with Gasteiger partial charge in [0.15, 0.2) is 0 Å². The first kappa shape index (κ1) is 11.9. The first-order valence-corrected chi connectivity index (χ1v) is 4.29. The molecule has 0 atom stereocenters. The number of nitrogens with zero attached hydrogens (tertiary/aromatic N) is 2. The number of rotatable bonds is 4. The van der Waals surface area contributed by atoms with Crippen molar-refractivity contribution >= 4 is 17.1 Å². The standard InChI is InChI=1S/C8H9N3O5/c9-7-3-5(10(13)14)4-8(11(15)16)6(7)1-2-12/h3-4,12H,1-2,9H2. The van der Waals surface area contributed by atoms with Crippen LogP contribution in [0.2, 0.25) is 0 Å². The van der Waals surface area contributed by atoms with Crippen molar-refractivity contribution in [2.45, 2.75) is 6.42 Å². The van der Waals surface area contributed by atoms with Gasteiger partial charge in [-0.25, -0.2) is 0 Å². The lowest BCUT2D eigenvalue weighted by atomic mass is 10.1. The Balaban J connectivity index is 3.39. The Kier molecular flexibility index (Phi) is 3.36. The number of non-ortho nitro benzene ring substituents is 1. The first-order chi connectivity index (χ1) is 7.47. The molecule has 0 fully saturated rings. The largest absolute Gasteiger partial charge is 0.398 e. The van der Waals surface area contributed by atoms with Gasteiger partial charge in [-0.2, -0.15) is 0 Å². The fraction of sp³-hybridized carbons (Fsp3) is 0.250. The molecule has 0 saturated carbocycles. The first-order valence-electron chi connectivity index (χ1n) is 4.29. The molecule has 86 valence electrons. The van der Waals surface area contributed by atoms with Crippen LogP contribution < -0.4 is 5.73 Å². The Bertz CT molecular complexity index is 446. The Morgan fingerprint density at radius 3 is 2.31 bits per heavy atom. The summed E-state index contributed by atoms with van der Waals surface area (Å²) in [6.45, 7) is -0.317. The third kappa shape index (κ3) is 2.23. The zero-order valence-corrected chi connectivity index (χ0v) is 8.12. The van der Waals surface area contributed by atoms with E-state index in [2.05, 4.69) is 0 Å². The van der Waals surface area contributed by atoms with Gasteiger partial charge in [0.1, 0.15) is 0 Å². The Hall–Kier alpha value is -2.22. The van der Waals surface area contributed by atoms with Crippen molar-refractivity contribution in [1.82, 2.24) is 0 Å². The molecule has 0 unspecified atom stereocenters. The SMILES string of the molecule is Nc1cc([N+](=O)[O-])cc([N+](=O)[O-])c1CCO. The van der Waals surface area contributed by atoms with Crippen molar-refractivity contribution in [3.63, 3.8) is 0 Å². The summed E-state index contributed by atoms with van der Waals surface area (Å²) in [5, 5.41) is 29.9. The highest BCUT2D eigenvalue weighted by Gasteiger charge is 2.22. The molecule has 1 aromatic rings. The minimum atomic E-state index is -0.758. The maximum absolute atomic E-state index is 10.7. The predicted molar refractivity (Wildman–Crippen MR) is 55.0 cm³/mol. The molecule has 0 aliphatic carbocycles. The van der Waals surface area contributed by atoms with Crippen LogP contribution in [0.4, 0.5) is 17.1 Å². The molecule has 16 heavy (non-hydrogen) atoms. The van der Waals surface area contributed by atoms with Crippen LogP contribution >= 0.6 is 0 Å². The molecular weight excluding hydrogens is 218 g/mol. The highest BCUT2D eigenvalue weighted by molar-refractivity contribution is 5.64. The van der Waals surface area contributed by atoms with Gasteiger partial charge in [0.25, 0.3) is 11.4 Å². The van der Waals surface area contributed by atoms with E-state index in [1.165, 1.54) is 0 Å². The monoisotopic (exact) mass is 227 g/mol. The topological polar surface area (TPSA) is 133 Å². The number of aliphatic hydroxyl groups is 1. The summed E-state index contributed by atoms with van der Waals surface area (Å²) < 4.78 is 0. The van der Waals surface area contributed by atoms with Gasteiger partial charge >= 0.3 is 0 Å². The fourth-order valence-corrected chi connectivity index (χ4v) is 1.32. The smallest absolute Gasteiger partial charge is 0.281 e. The van der Waals surface area contributed by atoms with E-state index < -0.39 is 21.2 Å². The molecule has 8 heteroatoms. The van der Waals surface area contributed by atoms with Gasteiger partial charge in [-0.3, -0.25) is 20.2 Å². The van der Waals surface area contributed by atoms with Gasteiger partial charge in [0, 0.05) is 24.8 Å². The highest BCUT2D eigenvalue weighted by atomic mass is 16.6. The van der Waals surface area contributed by atoms with E-state index in [9.17, 15) is 20.2 Å². The second kappa shape index (κ2) is 4.53. The lowest BCUT2D eigenvalue weighted by Crippen LogP contribution is -2.04. The number of aliphatic hydroxyl groups excluding tert-OH is 1. The zero-order valence-electron chi connectivity index (χ0n) is 8.12. The molecule has 0 aromatic heterocycles. The molecule has 1 rings (SSSR count). The molecule has 0 heterocycles. The number of nitro groups is 2. The van der Waals surface area contributed by atoms with Crippen LogP contribution in [-0.2, 0) is 6.42 Å². The lowest BCUT2D eigenvalue weighted by Gasteiger charge is -2.04. The van der Waals surface area contributed by atoms with Gasteiger partial charge < -0.3 is 10.8 Å². The maximum Gasteiger partial charge on any atom is 0.281 e. The number of nitrogen functional groups attached to an aromatic ring is 1. The zero-order chi connectivity index (χ0) is 12.3. The number of hydrogen-bond donors (Lipinski definition) is 2. The van der Waals surface area contributed by atoms with Gasteiger partial charge in [-0.05, 0) is 0 Å². The summed E-state index contributed by atoms with van der Waals surface area (Å²) in [6, 6.07) is 1.87. The average Bonchev–Trinajstić information content (AvgIpc) is 2.20. The molecule has 3 N–H and O–H groups in total. The molecule has 0 aliphatic rings. The fourth-order valence-electron chi connectivity index (χ4n) is 1.32. The summed E-state index contributed by atoms with van der Waals surface area (Å²) in [4.78, 5) is 19.6. The van der Waals surface area contributed by atoms with Gasteiger partial charge in [-0.1, -0.05) is 0 Å². The summed E-state index contributed by atoms with van der Waals surface area (Å²) in [5.41, 5.74) is 4.63. The Morgan fingerprint density at radius 2 is 1.88 bits per heavy atom. The van der Waals surface area contributed by atoms with Crippen LogP contribution in [0.3, 0.4) is 0 Å². The van der Waals surface area contributed by atoms with Crippen LogP contribution in [0.1, 0.15) is 5.56 Å². The quantitative estimate of drug-likeness (QED) is 0.440. The van der Waals surface area contributed by atoms with E-state index in [0.717, 1.165) is 12.1 Å². The molecule has 0 saturated heterocycles. The molecule has 0 radical (unpaired) electrons. The van der Waals surface area contributed by atoms with Crippen molar-refractivity contribution in [2.24, 2.45) is 0 Å². The Morgan fingerprint density at radius 1 is 1.25 bits per heavy atom. The summed E-state index contributed by atoms with van der Waals surface area (Å²) in [7, 11) is 0. The molecular formula is C8H9N3O5. The van der Waals surface area contributed by atoms with E-state index in [1.807, 2.05) is 0 Å². The normalized spacial score (nSPS) is 10.1. The van der Waals surface area contributed by atoms with Crippen molar-refractivity contribution < 1.29 is 15.0 Å². The van der Waals surface area contributed by atoms with Gasteiger partial charge in [0.2, 0.25) is 0 Å². The van der Waals surface area contributed by atoms with Crippen molar-refractivity contribution in [3.05, 3.63) is 37.9 Å². The third-order valence-electron chi connectivity index (χ3n) is 2.01. The van der Waals surface area contributed by atoms with E-state index in [0.29, 0.717) is 0 Å². The summed E-state index contributed by atoms with van der Waals surface area (Å²) in [6.07, 6.45) is -0.0137. The van der Waals surface area contributed by atoms with E-state index in [1.54, 1.807) is 0 Å². The number of benzene rings is 1. The molecule has 1 aromatic carbocycles. The van der Waals surface area contributed by atoms with E-state index in [4.69, 9.17) is 10.8 Å². The van der Waals surface area contributed by atoms with Crippen LogP contribution in [0.25, 0.3) is 0 Å². The third-order valence-corrected chi connectivity index (χ3v) is 2.01. The lowest BCUT2D eigenvalue weighted by molar-refractivity contribution is -0.394. The predicted octanol–water partition coefficient (Wildman–Crippen LogP) is 0.620. The van der Waals surface area contributed by atoms with E-state index >= 15 is 0 Å². The van der Waals surface area contributed by atoms with Crippen LogP contribution in [0.5, 0.6) is 0 Å². The Labute approximate surface area is 89.6 Å². The van der Waals surface area contributed by atoms with Crippen molar-refractivity contribution in [1.29, 1.82) is 0 Å². The number of hydrogen-bond acceptors (Lipinski definition) is 6. The molecule has 0 aliphatic heterocycles. The minimum absolute atomic E-state index is 0.0137. The molecule has 0 spiro atoms. The molecule has 8 nitrogen and oxygen atoms in total. The number of anilines is 1. The van der Waals surface area contributed by atoms with Crippen LogP contribution in [-0.4, -0.2) is 21.6 Å². The van der Waals surface area contributed by atoms with Crippen molar-refractivity contribution in [2.75, 3.05) is 12.3 Å². The summed E-state index contributed by atoms with van der Waals surface area (Å²) in [5.74, 6) is 0. The number of nitrogens with two attached hydrogens (primary N) is 1. The number of nitro benzene ring substituents is 2. The molecule has 0 amide bonds. The van der Waals surface area contributed by atoms with Crippen LogP contribution in [0.15, 0.2) is 12.1 Å². The second-order valence-electron chi connectivity index (χ2n) is 3.02. The van der Waals surface area contributed by atoms with Crippen molar-refractivity contribution in [3.8, 4) is 0 Å².